The molecule has 0 unspecified atom stereocenters. The van der Waals surface area contributed by atoms with Crippen LogP contribution in [0, 0.1) is 4.77 Å². The van der Waals surface area contributed by atoms with Crippen molar-refractivity contribution >= 4 is 66.8 Å². The molecule has 1 aromatic carbocycles. The number of halogens is 3. The summed E-state index contributed by atoms with van der Waals surface area (Å²) in [6, 6.07) is 7.60. The smallest absolute Gasteiger partial charge is 0.183 e. The summed E-state index contributed by atoms with van der Waals surface area (Å²) in [6.07, 6.45) is 1.74. The number of aromatic nitrogens is 3. The van der Waals surface area contributed by atoms with E-state index in [0.29, 0.717) is 9.79 Å². The zero-order chi connectivity index (χ0) is 13.6. The monoisotopic (exact) mass is 417 g/mol. The number of hydrogen-bond donors (Lipinski definition) is 1. The van der Waals surface area contributed by atoms with Gasteiger partial charge in [0, 0.05) is 15.1 Å². The van der Waals surface area contributed by atoms with Crippen molar-refractivity contribution in [2.45, 2.75) is 0 Å². The Morgan fingerprint density at radius 3 is 2.79 bits per heavy atom. The van der Waals surface area contributed by atoms with Gasteiger partial charge in [0.2, 0.25) is 0 Å². The van der Waals surface area contributed by atoms with E-state index in [2.05, 4.69) is 41.8 Å². The molecule has 19 heavy (non-hydrogen) atoms. The van der Waals surface area contributed by atoms with E-state index in [1.54, 1.807) is 6.20 Å². The number of nitrogens with zero attached hydrogens (tertiary/aromatic N) is 2. The lowest BCUT2D eigenvalue weighted by Crippen LogP contribution is -1.95. The molecule has 7 heteroatoms. The maximum atomic E-state index is 6.13. The molecule has 0 fully saturated rings. The molecule has 0 aliphatic rings. The van der Waals surface area contributed by atoms with Gasteiger partial charge in [-0.25, -0.2) is 4.98 Å². The molecule has 0 bridgehead atoms. The minimum atomic E-state index is 0.582. The van der Waals surface area contributed by atoms with Gasteiger partial charge in [-0.05, 0) is 68.3 Å². The predicted octanol–water partition coefficient (Wildman–Crippen LogP) is 5.26. The summed E-state index contributed by atoms with van der Waals surface area (Å²) in [5, 5.41) is 0.630. The maximum absolute atomic E-state index is 6.13. The van der Waals surface area contributed by atoms with Crippen molar-refractivity contribution in [1.29, 1.82) is 0 Å². The van der Waals surface area contributed by atoms with Gasteiger partial charge in [0.1, 0.15) is 0 Å². The van der Waals surface area contributed by atoms with Crippen LogP contribution in [-0.2, 0) is 0 Å². The Bertz CT molecular complexity index is 841. The van der Waals surface area contributed by atoms with Crippen molar-refractivity contribution in [1.82, 2.24) is 14.5 Å². The molecule has 0 spiro atoms. The van der Waals surface area contributed by atoms with Crippen LogP contribution in [-0.4, -0.2) is 14.5 Å². The number of rotatable bonds is 1. The molecular formula is C12H6Br2ClN3S. The molecule has 0 saturated carbocycles. The normalized spacial score (nSPS) is 11.1. The van der Waals surface area contributed by atoms with Crippen LogP contribution in [0.1, 0.15) is 0 Å². The Labute approximate surface area is 135 Å². The number of nitrogens with one attached hydrogen (secondary N) is 1. The molecule has 3 nitrogen and oxygen atoms in total. The Hall–Kier alpha value is -0.690. The number of imidazole rings is 1. The molecule has 96 valence electrons. The quantitative estimate of drug-likeness (QED) is 0.546. The molecule has 3 rings (SSSR count). The zero-order valence-corrected chi connectivity index (χ0v) is 14.1. The van der Waals surface area contributed by atoms with Gasteiger partial charge in [0.15, 0.2) is 10.4 Å². The van der Waals surface area contributed by atoms with Gasteiger partial charge in [-0.3, -0.25) is 4.57 Å². The van der Waals surface area contributed by atoms with Crippen LogP contribution in [0.5, 0.6) is 0 Å². The fourth-order valence-corrected chi connectivity index (χ4v) is 2.89. The van der Waals surface area contributed by atoms with Gasteiger partial charge in [0.05, 0.1) is 16.2 Å². The first-order valence-electron chi connectivity index (χ1n) is 5.28. The number of fused-ring (bicyclic) bond motifs is 1. The van der Waals surface area contributed by atoms with Gasteiger partial charge in [-0.15, -0.1) is 0 Å². The number of benzene rings is 1. The first-order chi connectivity index (χ1) is 9.06. The topological polar surface area (TPSA) is 33.6 Å². The Morgan fingerprint density at radius 1 is 1.26 bits per heavy atom. The van der Waals surface area contributed by atoms with Gasteiger partial charge in [-0.1, -0.05) is 11.6 Å². The third-order valence-electron chi connectivity index (χ3n) is 2.65. The standard InChI is InChI=1S/C12H6Br2ClN3S/c13-6-3-10-11(16-5-6)18(12(19)17-10)7-1-2-8(14)9(15)4-7/h1-5H,(H,17,19). The van der Waals surface area contributed by atoms with Gasteiger partial charge in [-0.2, -0.15) is 0 Å². The molecule has 0 amide bonds. The summed E-state index contributed by atoms with van der Waals surface area (Å²) >= 11 is 18.2. The molecule has 2 heterocycles. The lowest BCUT2D eigenvalue weighted by molar-refractivity contribution is 1.04. The summed E-state index contributed by atoms with van der Waals surface area (Å²) < 4.78 is 4.19. The average Bonchev–Trinajstić information content (AvgIpc) is 2.68. The molecular weight excluding hydrogens is 413 g/mol. The maximum Gasteiger partial charge on any atom is 0.183 e. The minimum Gasteiger partial charge on any atom is -0.329 e. The highest BCUT2D eigenvalue weighted by Crippen LogP contribution is 2.27. The summed E-state index contributed by atoms with van der Waals surface area (Å²) in [5.41, 5.74) is 2.52. The van der Waals surface area contributed by atoms with E-state index in [0.717, 1.165) is 25.8 Å². The summed E-state index contributed by atoms with van der Waals surface area (Å²) in [5.74, 6) is 0. The molecule has 0 aliphatic heterocycles. The Kier molecular flexibility index (Phi) is 3.51. The third-order valence-corrected chi connectivity index (χ3v) is 4.60. The van der Waals surface area contributed by atoms with Crippen molar-refractivity contribution in [3.8, 4) is 5.69 Å². The van der Waals surface area contributed by atoms with Crippen LogP contribution in [0.3, 0.4) is 0 Å². The Morgan fingerprint density at radius 2 is 2.05 bits per heavy atom. The van der Waals surface area contributed by atoms with E-state index in [1.807, 2.05) is 28.8 Å². The lowest BCUT2D eigenvalue weighted by atomic mass is 10.3. The molecule has 0 saturated heterocycles. The van der Waals surface area contributed by atoms with E-state index in [9.17, 15) is 0 Å². The molecule has 0 radical (unpaired) electrons. The van der Waals surface area contributed by atoms with E-state index in [1.165, 1.54) is 0 Å². The molecule has 3 aromatic rings. The van der Waals surface area contributed by atoms with Crippen LogP contribution < -0.4 is 0 Å². The van der Waals surface area contributed by atoms with Crippen LogP contribution in [0.4, 0.5) is 0 Å². The third kappa shape index (κ3) is 2.38. The minimum absolute atomic E-state index is 0.582. The molecule has 1 N–H and O–H groups in total. The second-order valence-electron chi connectivity index (χ2n) is 3.89. The van der Waals surface area contributed by atoms with Gasteiger partial charge in [0.25, 0.3) is 0 Å². The van der Waals surface area contributed by atoms with E-state index < -0.39 is 0 Å². The first kappa shape index (κ1) is 13.3. The molecule has 0 aliphatic carbocycles. The summed E-state index contributed by atoms with van der Waals surface area (Å²) in [7, 11) is 0. The Balaban J connectivity index is 2.32. The highest BCUT2D eigenvalue weighted by Gasteiger charge is 2.09. The highest BCUT2D eigenvalue weighted by atomic mass is 79.9. The van der Waals surface area contributed by atoms with E-state index in [-0.39, 0.29) is 0 Å². The number of aromatic amines is 1. The SMILES string of the molecule is S=c1[nH]c2cc(Br)cnc2n1-c1ccc(Br)c(Cl)c1. The van der Waals surface area contributed by atoms with Crippen molar-refractivity contribution in [2.24, 2.45) is 0 Å². The van der Waals surface area contributed by atoms with Crippen molar-refractivity contribution < 1.29 is 0 Å². The van der Waals surface area contributed by atoms with Crippen molar-refractivity contribution in [3.63, 3.8) is 0 Å². The highest BCUT2D eigenvalue weighted by molar-refractivity contribution is 9.10. The van der Waals surface area contributed by atoms with Gasteiger partial charge < -0.3 is 4.98 Å². The van der Waals surface area contributed by atoms with Crippen LogP contribution in [0.15, 0.2) is 39.4 Å². The van der Waals surface area contributed by atoms with Crippen molar-refractivity contribution in [2.75, 3.05) is 0 Å². The summed E-state index contributed by atoms with van der Waals surface area (Å²) in [4.78, 5) is 7.52. The molecule has 0 atom stereocenters. The molecule has 2 aromatic heterocycles. The fourth-order valence-electron chi connectivity index (χ4n) is 1.83. The number of hydrogen-bond acceptors (Lipinski definition) is 2. The van der Waals surface area contributed by atoms with E-state index >= 15 is 0 Å². The second kappa shape index (κ2) is 5.01. The van der Waals surface area contributed by atoms with Gasteiger partial charge >= 0.3 is 0 Å². The van der Waals surface area contributed by atoms with Crippen LogP contribution in [0.2, 0.25) is 5.02 Å². The van der Waals surface area contributed by atoms with Crippen molar-refractivity contribution in [3.05, 3.63) is 49.2 Å². The van der Waals surface area contributed by atoms with Crippen LogP contribution >= 0.6 is 55.7 Å². The summed E-state index contributed by atoms with van der Waals surface area (Å²) in [6.45, 7) is 0. The van der Waals surface area contributed by atoms with Crippen LogP contribution in [0.25, 0.3) is 16.9 Å². The number of H-pyrrole nitrogens is 1. The largest absolute Gasteiger partial charge is 0.329 e. The number of pyridine rings is 1. The second-order valence-corrected chi connectivity index (χ2v) is 6.45. The lowest BCUT2D eigenvalue weighted by Gasteiger charge is -2.05. The van der Waals surface area contributed by atoms with E-state index in [4.69, 9.17) is 23.8 Å². The first-order valence-corrected chi connectivity index (χ1v) is 7.65. The fraction of sp³-hybridized carbons (Fsp3) is 0. The zero-order valence-electron chi connectivity index (χ0n) is 9.32. The average molecular weight is 420 g/mol. The predicted molar refractivity (Wildman–Crippen MR) is 86.7 cm³/mol.